The lowest BCUT2D eigenvalue weighted by Gasteiger charge is -2.14. The first-order valence-corrected chi connectivity index (χ1v) is 6.36. The lowest BCUT2D eigenvalue weighted by atomic mass is 10.1. The highest BCUT2D eigenvalue weighted by atomic mass is 35.5. The highest BCUT2D eigenvalue weighted by Gasteiger charge is 2.35. The molecule has 0 aliphatic carbocycles. The monoisotopic (exact) mass is 334 g/mol. The van der Waals surface area contributed by atoms with Gasteiger partial charge in [-0.05, 0) is 30.3 Å². The molecule has 0 aliphatic rings. The molecule has 2 aromatic carbocycles. The zero-order valence-electron chi connectivity index (χ0n) is 10.2. The Bertz CT molecular complexity index is 684. The van der Waals surface area contributed by atoms with E-state index in [0.29, 0.717) is 6.29 Å². The number of ether oxygens (including phenoxy) is 1. The van der Waals surface area contributed by atoms with E-state index in [-0.39, 0.29) is 21.4 Å². The Morgan fingerprint density at radius 1 is 1.00 bits per heavy atom. The van der Waals surface area contributed by atoms with Crippen LogP contribution in [0.5, 0.6) is 11.5 Å². The number of carbonyl (C=O) groups excluding carboxylic acids is 1. The molecule has 0 unspecified atom stereocenters. The van der Waals surface area contributed by atoms with Crippen molar-refractivity contribution in [1.29, 1.82) is 0 Å². The zero-order valence-corrected chi connectivity index (χ0v) is 11.8. The van der Waals surface area contributed by atoms with Crippen LogP contribution in [-0.4, -0.2) is 6.29 Å². The minimum absolute atomic E-state index is 0.0937. The van der Waals surface area contributed by atoms with Crippen molar-refractivity contribution < 1.29 is 22.7 Å². The van der Waals surface area contributed by atoms with Crippen molar-refractivity contribution in [2.75, 3.05) is 0 Å². The van der Waals surface area contributed by atoms with Gasteiger partial charge in [-0.3, -0.25) is 4.79 Å². The Kier molecular flexibility index (Phi) is 4.44. The van der Waals surface area contributed by atoms with E-state index in [9.17, 15) is 18.0 Å². The second-order valence-corrected chi connectivity index (χ2v) is 4.86. The molecule has 0 bridgehead atoms. The predicted octanol–water partition coefficient (Wildman–Crippen LogP) is 5.62. The summed E-state index contributed by atoms with van der Waals surface area (Å²) in [7, 11) is 0. The molecular formula is C14H7Cl2F3O2. The molecule has 7 heteroatoms. The number of halogens is 5. The minimum atomic E-state index is -4.65. The average molecular weight is 335 g/mol. The number of rotatable bonds is 3. The van der Waals surface area contributed by atoms with Gasteiger partial charge in [0.05, 0.1) is 15.6 Å². The SMILES string of the molecule is O=Cc1ccc(Oc2ccc(Cl)c(Cl)c2)c(C(F)(F)F)c1. The topological polar surface area (TPSA) is 26.3 Å². The van der Waals surface area contributed by atoms with E-state index in [4.69, 9.17) is 27.9 Å². The summed E-state index contributed by atoms with van der Waals surface area (Å²) in [6.45, 7) is 0. The van der Waals surface area contributed by atoms with Crippen LogP contribution in [0.3, 0.4) is 0 Å². The van der Waals surface area contributed by atoms with E-state index in [1.165, 1.54) is 24.3 Å². The van der Waals surface area contributed by atoms with Gasteiger partial charge in [0.15, 0.2) is 0 Å². The van der Waals surface area contributed by atoms with Crippen molar-refractivity contribution in [3.8, 4) is 11.5 Å². The van der Waals surface area contributed by atoms with Gasteiger partial charge in [-0.25, -0.2) is 0 Å². The number of aldehydes is 1. The summed E-state index contributed by atoms with van der Waals surface area (Å²) in [5.74, 6) is -0.319. The molecule has 2 nitrogen and oxygen atoms in total. The first kappa shape index (κ1) is 15.7. The molecule has 0 saturated heterocycles. The molecule has 2 aromatic rings. The van der Waals surface area contributed by atoms with E-state index >= 15 is 0 Å². The van der Waals surface area contributed by atoms with Crippen molar-refractivity contribution >= 4 is 29.5 Å². The third-order valence-corrected chi connectivity index (χ3v) is 3.30. The highest BCUT2D eigenvalue weighted by molar-refractivity contribution is 6.42. The standard InChI is InChI=1S/C14H7Cl2F3O2/c15-11-3-2-9(6-12(11)16)21-13-4-1-8(7-20)5-10(13)14(17,18)19/h1-7H. The van der Waals surface area contributed by atoms with Crippen LogP contribution >= 0.6 is 23.2 Å². The van der Waals surface area contributed by atoms with Gasteiger partial charge in [-0.15, -0.1) is 0 Å². The molecule has 2 rings (SSSR count). The van der Waals surface area contributed by atoms with Crippen molar-refractivity contribution in [2.24, 2.45) is 0 Å². The van der Waals surface area contributed by atoms with Gasteiger partial charge in [0.1, 0.15) is 17.8 Å². The Balaban J connectivity index is 2.43. The fourth-order valence-electron chi connectivity index (χ4n) is 1.60. The number of carbonyl (C=O) groups is 1. The van der Waals surface area contributed by atoms with Gasteiger partial charge in [0.25, 0.3) is 0 Å². The number of hydrogen-bond acceptors (Lipinski definition) is 2. The fraction of sp³-hybridized carbons (Fsp3) is 0.0714. The summed E-state index contributed by atoms with van der Waals surface area (Å²) >= 11 is 11.5. The van der Waals surface area contributed by atoms with Gasteiger partial charge in [-0.1, -0.05) is 23.2 Å². The highest BCUT2D eigenvalue weighted by Crippen LogP contribution is 2.39. The first-order valence-electron chi connectivity index (χ1n) is 5.60. The molecule has 0 amide bonds. The zero-order chi connectivity index (χ0) is 15.6. The van der Waals surface area contributed by atoms with Gasteiger partial charge >= 0.3 is 6.18 Å². The van der Waals surface area contributed by atoms with E-state index in [2.05, 4.69) is 0 Å². The molecule has 0 fully saturated rings. The third-order valence-electron chi connectivity index (χ3n) is 2.56. The summed E-state index contributed by atoms with van der Waals surface area (Å²) in [6.07, 6.45) is -4.32. The van der Waals surface area contributed by atoms with Crippen LogP contribution in [0, 0.1) is 0 Å². The summed E-state index contributed by atoms with van der Waals surface area (Å²) < 4.78 is 44.1. The molecule has 0 saturated carbocycles. The number of benzene rings is 2. The molecule has 0 N–H and O–H groups in total. The average Bonchev–Trinajstić information content (AvgIpc) is 2.42. The van der Waals surface area contributed by atoms with Crippen molar-refractivity contribution in [1.82, 2.24) is 0 Å². The molecule has 0 aromatic heterocycles. The smallest absolute Gasteiger partial charge is 0.420 e. The quantitative estimate of drug-likeness (QED) is 0.681. The van der Waals surface area contributed by atoms with Gasteiger partial charge in [-0.2, -0.15) is 13.2 Å². The second kappa shape index (κ2) is 5.95. The molecule has 0 radical (unpaired) electrons. The van der Waals surface area contributed by atoms with Crippen LogP contribution < -0.4 is 4.74 Å². The molecule has 21 heavy (non-hydrogen) atoms. The number of alkyl halides is 3. The Morgan fingerprint density at radius 3 is 2.29 bits per heavy atom. The number of hydrogen-bond donors (Lipinski definition) is 0. The molecule has 0 heterocycles. The molecule has 0 aliphatic heterocycles. The Morgan fingerprint density at radius 2 is 1.71 bits per heavy atom. The van der Waals surface area contributed by atoms with Crippen LogP contribution in [-0.2, 0) is 6.18 Å². The van der Waals surface area contributed by atoms with Crippen molar-refractivity contribution in [3.05, 3.63) is 57.6 Å². The Hall–Kier alpha value is -1.72. The van der Waals surface area contributed by atoms with E-state index in [1.807, 2.05) is 0 Å². The fourth-order valence-corrected chi connectivity index (χ4v) is 1.89. The molecule has 0 atom stereocenters. The second-order valence-electron chi connectivity index (χ2n) is 4.05. The van der Waals surface area contributed by atoms with Crippen LogP contribution in [0.25, 0.3) is 0 Å². The predicted molar refractivity (Wildman–Crippen MR) is 73.4 cm³/mol. The van der Waals surface area contributed by atoms with Gasteiger partial charge in [0.2, 0.25) is 0 Å². The maximum Gasteiger partial charge on any atom is 0.420 e. The van der Waals surface area contributed by atoms with Gasteiger partial charge in [0, 0.05) is 11.6 Å². The first-order chi connectivity index (χ1) is 9.81. The van der Waals surface area contributed by atoms with Crippen LogP contribution in [0.1, 0.15) is 15.9 Å². The lowest BCUT2D eigenvalue weighted by molar-refractivity contribution is -0.138. The van der Waals surface area contributed by atoms with Crippen LogP contribution in [0.15, 0.2) is 36.4 Å². The van der Waals surface area contributed by atoms with E-state index in [0.717, 1.165) is 12.1 Å². The minimum Gasteiger partial charge on any atom is -0.457 e. The third kappa shape index (κ3) is 3.68. The summed E-state index contributed by atoms with van der Waals surface area (Å²) in [4.78, 5) is 10.6. The largest absolute Gasteiger partial charge is 0.457 e. The lowest BCUT2D eigenvalue weighted by Crippen LogP contribution is -2.08. The summed E-state index contributed by atoms with van der Waals surface area (Å²) in [5, 5.41) is 0.420. The Labute approximate surface area is 128 Å². The normalized spacial score (nSPS) is 11.3. The van der Waals surface area contributed by atoms with E-state index < -0.39 is 17.5 Å². The molecular weight excluding hydrogens is 328 g/mol. The maximum absolute atomic E-state index is 13.0. The van der Waals surface area contributed by atoms with Crippen LogP contribution in [0.2, 0.25) is 10.0 Å². The maximum atomic E-state index is 13.0. The summed E-state index contributed by atoms with van der Waals surface area (Å²) in [5.41, 5.74) is -1.14. The molecule has 0 spiro atoms. The van der Waals surface area contributed by atoms with Crippen molar-refractivity contribution in [3.63, 3.8) is 0 Å². The molecule has 110 valence electrons. The van der Waals surface area contributed by atoms with Crippen LogP contribution in [0.4, 0.5) is 13.2 Å². The summed E-state index contributed by atoms with van der Waals surface area (Å²) in [6, 6.07) is 7.13. The van der Waals surface area contributed by atoms with Crippen molar-refractivity contribution in [2.45, 2.75) is 6.18 Å². The van der Waals surface area contributed by atoms with Gasteiger partial charge < -0.3 is 4.74 Å². The van der Waals surface area contributed by atoms with E-state index in [1.54, 1.807) is 0 Å².